The maximum Gasteiger partial charge on any atom is 0.259 e. The van der Waals surface area contributed by atoms with Gasteiger partial charge in [-0.25, -0.2) is 4.98 Å². The number of nitrogens with one attached hydrogen (secondary N) is 1. The third kappa shape index (κ3) is 3.63. The lowest BCUT2D eigenvalue weighted by molar-refractivity contribution is 0.102. The van der Waals surface area contributed by atoms with Crippen molar-refractivity contribution in [3.63, 3.8) is 0 Å². The predicted molar refractivity (Wildman–Crippen MR) is 98.3 cm³/mol. The number of ether oxygens (including phenoxy) is 1. The van der Waals surface area contributed by atoms with Crippen LogP contribution in [0.2, 0.25) is 0 Å². The van der Waals surface area contributed by atoms with E-state index >= 15 is 0 Å². The van der Waals surface area contributed by atoms with Gasteiger partial charge in [-0.1, -0.05) is 36.4 Å². The highest BCUT2D eigenvalue weighted by Crippen LogP contribution is 2.27. The first kappa shape index (κ1) is 16.2. The first-order valence-corrected chi connectivity index (χ1v) is 8.13. The van der Waals surface area contributed by atoms with Crippen molar-refractivity contribution in [1.82, 2.24) is 4.98 Å². The van der Waals surface area contributed by atoms with Gasteiger partial charge in [0.25, 0.3) is 5.91 Å². The average Bonchev–Trinajstić information content (AvgIpc) is 2.63. The van der Waals surface area contributed by atoms with Crippen molar-refractivity contribution in [3.8, 4) is 16.9 Å². The number of anilines is 1. The van der Waals surface area contributed by atoms with E-state index in [4.69, 9.17) is 4.74 Å². The third-order valence-corrected chi connectivity index (χ3v) is 4.01. The topological polar surface area (TPSA) is 51.2 Å². The van der Waals surface area contributed by atoms with Gasteiger partial charge in [0, 0.05) is 0 Å². The molecule has 0 radical (unpaired) electrons. The fourth-order valence-electron chi connectivity index (χ4n) is 2.34. The number of benzene rings is 2. The van der Waals surface area contributed by atoms with E-state index in [1.807, 2.05) is 42.5 Å². The van der Waals surface area contributed by atoms with Crippen LogP contribution in [0.25, 0.3) is 11.1 Å². The monoisotopic (exact) mass is 382 g/mol. The van der Waals surface area contributed by atoms with E-state index < -0.39 is 0 Å². The summed E-state index contributed by atoms with van der Waals surface area (Å²) in [5.41, 5.74) is 3.09. The molecule has 0 aliphatic rings. The summed E-state index contributed by atoms with van der Waals surface area (Å²) >= 11 is 3.27. The normalized spacial score (nSPS) is 10.2. The molecule has 0 aliphatic carbocycles. The fraction of sp³-hybridized carbons (Fsp3) is 0.0526. The van der Waals surface area contributed by atoms with Gasteiger partial charge in [0.1, 0.15) is 10.4 Å². The Morgan fingerprint density at radius 1 is 1.04 bits per heavy atom. The van der Waals surface area contributed by atoms with Crippen LogP contribution in [0.3, 0.4) is 0 Å². The van der Waals surface area contributed by atoms with E-state index in [9.17, 15) is 4.79 Å². The van der Waals surface area contributed by atoms with Crippen LogP contribution in [0.4, 0.5) is 5.69 Å². The molecule has 1 heterocycles. The van der Waals surface area contributed by atoms with E-state index in [-0.39, 0.29) is 5.91 Å². The third-order valence-electron chi connectivity index (χ3n) is 3.54. The van der Waals surface area contributed by atoms with Gasteiger partial charge in [-0.05, 0) is 51.3 Å². The average molecular weight is 383 g/mol. The smallest absolute Gasteiger partial charge is 0.259 e. The molecule has 24 heavy (non-hydrogen) atoms. The molecular weight excluding hydrogens is 368 g/mol. The Balaban J connectivity index is 1.93. The van der Waals surface area contributed by atoms with Gasteiger partial charge in [-0.3, -0.25) is 4.79 Å². The van der Waals surface area contributed by atoms with Gasteiger partial charge < -0.3 is 10.1 Å². The first-order chi connectivity index (χ1) is 11.7. The van der Waals surface area contributed by atoms with Gasteiger partial charge in [0.15, 0.2) is 0 Å². The van der Waals surface area contributed by atoms with E-state index in [2.05, 4.69) is 26.2 Å². The summed E-state index contributed by atoms with van der Waals surface area (Å²) in [6.45, 7) is 0. The summed E-state index contributed by atoms with van der Waals surface area (Å²) in [5.74, 6) is 0.283. The number of nitrogens with zero attached hydrogens (tertiary/aromatic N) is 1. The number of carbonyl (C=O) groups is 1. The fourth-order valence-corrected chi connectivity index (χ4v) is 2.58. The Bertz CT molecular complexity index is 849. The number of halogens is 1. The summed E-state index contributed by atoms with van der Waals surface area (Å²) in [7, 11) is 1.55. The van der Waals surface area contributed by atoms with Crippen LogP contribution >= 0.6 is 15.9 Å². The molecule has 0 spiro atoms. The van der Waals surface area contributed by atoms with E-state index in [0.29, 0.717) is 21.6 Å². The maximum atomic E-state index is 12.6. The molecule has 3 aromatic rings. The molecule has 2 aromatic carbocycles. The van der Waals surface area contributed by atoms with Crippen molar-refractivity contribution < 1.29 is 9.53 Å². The minimum absolute atomic E-state index is 0.242. The molecule has 4 nitrogen and oxygen atoms in total. The Hall–Kier alpha value is -2.66. The Kier molecular flexibility index (Phi) is 4.91. The Morgan fingerprint density at radius 3 is 2.50 bits per heavy atom. The van der Waals surface area contributed by atoms with Crippen molar-refractivity contribution in [1.29, 1.82) is 0 Å². The van der Waals surface area contributed by atoms with Crippen LogP contribution in [0.15, 0.2) is 71.5 Å². The summed E-state index contributed by atoms with van der Waals surface area (Å²) in [6.07, 6.45) is 1.59. The zero-order valence-electron chi connectivity index (χ0n) is 13.0. The number of rotatable bonds is 4. The van der Waals surface area contributed by atoms with Crippen molar-refractivity contribution >= 4 is 27.5 Å². The Labute approximate surface area is 148 Å². The lowest BCUT2D eigenvalue weighted by atomic mass is 10.0. The lowest BCUT2D eigenvalue weighted by Crippen LogP contribution is -2.13. The molecule has 1 aromatic heterocycles. The number of hydrogen-bond acceptors (Lipinski definition) is 3. The molecule has 0 atom stereocenters. The summed E-state index contributed by atoms with van der Waals surface area (Å²) in [6, 6.07) is 19.0. The number of methoxy groups -OCH3 is 1. The highest BCUT2D eigenvalue weighted by atomic mass is 79.9. The van der Waals surface area contributed by atoms with Crippen LogP contribution in [0.5, 0.6) is 5.75 Å². The highest BCUT2D eigenvalue weighted by Gasteiger charge is 2.14. The molecule has 1 amide bonds. The van der Waals surface area contributed by atoms with Crippen LogP contribution < -0.4 is 10.1 Å². The van der Waals surface area contributed by atoms with Gasteiger partial charge >= 0.3 is 0 Å². The van der Waals surface area contributed by atoms with Gasteiger partial charge in [0.05, 0.1) is 24.6 Å². The second-order valence-corrected chi connectivity index (χ2v) is 5.92. The van der Waals surface area contributed by atoms with Crippen molar-refractivity contribution in [2.45, 2.75) is 0 Å². The van der Waals surface area contributed by atoms with Crippen LogP contribution in [0, 0.1) is 0 Å². The van der Waals surface area contributed by atoms with Gasteiger partial charge in [-0.15, -0.1) is 0 Å². The second-order valence-electron chi connectivity index (χ2n) is 5.10. The van der Waals surface area contributed by atoms with Crippen LogP contribution in [0.1, 0.15) is 10.4 Å². The highest BCUT2D eigenvalue weighted by molar-refractivity contribution is 9.10. The summed E-state index contributed by atoms with van der Waals surface area (Å²) in [5, 5.41) is 2.84. The molecule has 0 saturated heterocycles. The van der Waals surface area contributed by atoms with Crippen LogP contribution in [-0.2, 0) is 0 Å². The SMILES string of the molecule is COc1ccc(-c2ccccc2)cc1C(=O)Nc1ccc(Br)nc1. The standard InChI is InChI=1S/C19H15BrN2O2/c1-24-17-9-7-14(13-5-3-2-4-6-13)11-16(17)19(23)22-15-8-10-18(20)21-12-15/h2-12H,1H3,(H,22,23). The van der Waals surface area contributed by atoms with E-state index in [0.717, 1.165) is 11.1 Å². The Morgan fingerprint density at radius 2 is 1.83 bits per heavy atom. The second kappa shape index (κ2) is 7.27. The van der Waals surface area contributed by atoms with Crippen molar-refractivity contribution in [2.75, 3.05) is 12.4 Å². The lowest BCUT2D eigenvalue weighted by Gasteiger charge is -2.11. The quantitative estimate of drug-likeness (QED) is 0.661. The number of hydrogen-bond donors (Lipinski definition) is 1. The van der Waals surface area contributed by atoms with Gasteiger partial charge in [0.2, 0.25) is 0 Å². The molecule has 0 aliphatic heterocycles. The molecule has 0 unspecified atom stereocenters. The molecule has 0 saturated carbocycles. The summed E-state index contributed by atoms with van der Waals surface area (Å²) in [4.78, 5) is 16.7. The van der Waals surface area contributed by atoms with E-state index in [1.54, 1.807) is 31.5 Å². The molecule has 1 N–H and O–H groups in total. The number of carbonyl (C=O) groups excluding carboxylic acids is 1. The number of amides is 1. The van der Waals surface area contributed by atoms with Gasteiger partial charge in [-0.2, -0.15) is 0 Å². The van der Waals surface area contributed by atoms with Crippen molar-refractivity contribution in [3.05, 3.63) is 77.0 Å². The minimum Gasteiger partial charge on any atom is -0.496 e. The molecule has 5 heteroatoms. The first-order valence-electron chi connectivity index (χ1n) is 7.34. The zero-order valence-corrected chi connectivity index (χ0v) is 14.6. The molecule has 120 valence electrons. The van der Waals surface area contributed by atoms with Crippen molar-refractivity contribution in [2.24, 2.45) is 0 Å². The predicted octanol–water partition coefficient (Wildman–Crippen LogP) is 4.77. The largest absolute Gasteiger partial charge is 0.496 e. The maximum absolute atomic E-state index is 12.6. The number of aromatic nitrogens is 1. The molecular formula is C19H15BrN2O2. The summed E-state index contributed by atoms with van der Waals surface area (Å²) < 4.78 is 6.04. The molecule has 0 bridgehead atoms. The zero-order chi connectivity index (χ0) is 16.9. The van der Waals surface area contributed by atoms with Crippen LogP contribution in [-0.4, -0.2) is 18.0 Å². The molecule has 3 rings (SSSR count). The molecule has 0 fully saturated rings. The minimum atomic E-state index is -0.242. The number of pyridine rings is 1. The van der Waals surface area contributed by atoms with E-state index in [1.165, 1.54) is 0 Å².